The van der Waals surface area contributed by atoms with Gasteiger partial charge in [0.1, 0.15) is 6.10 Å². The molecule has 1 atom stereocenters. The molecule has 1 aliphatic heterocycles. The highest BCUT2D eigenvalue weighted by Crippen LogP contribution is 2.19. The highest BCUT2D eigenvalue weighted by atomic mass is 16.5. The summed E-state index contributed by atoms with van der Waals surface area (Å²) in [6, 6.07) is 8.19. The van der Waals surface area contributed by atoms with Gasteiger partial charge in [-0.2, -0.15) is 4.98 Å². The average molecular weight is 288 g/mol. The van der Waals surface area contributed by atoms with Gasteiger partial charge >= 0.3 is 0 Å². The van der Waals surface area contributed by atoms with E-state index in [1.54, 1.807) is 0 Å². The van der Waals surface area contributed by atoms with Gasteiger partial charge in [-0.05, 0) is 26.1 Å². The van der Waals surface area contributed by atoms with Crippen molar-refractivity contribution in [3.05, 3.63) is 41.5 Å². The number of rotatable bonds is 4. The number of aromatic nitrogens is 2. The van der Waals surface area contributed by atoms with Crippen molar-refractivity contribution in [3.8, 4) is 0 Å². The van der Waals surface area contributed by atoms with Gasteiger partial charge in [-0.3, -0.25) is 0 Å². The van der Waals surface area contributed by atoms with Crippen LogP contribution in [-0.4, -0.2) is 41.8 Å². The van der Waals surface area contributed by atoms with Crippen molar-refractivity contribution in [1.82, 2.24) is 15.0 Å². The summed E-state index contributed by atoms with van der Waals surface area (Å²) in [6.07, 6.45) is -0.0966. The van der Waals surface area contributed by atoms with Crippen LogP contribution in [0.3, 0.4) is 0 Å². The number of hydrogen-bond acceptors (Lipinski definition) is 6. The first kappa shape index (κ1) is 14.0. The molecule has 0 aliphatic carbocycles. The Kier molecular flexibility index (Phi) is 4.17. The normalized spacial score (nSPS) is 19.6. The van der Waals surface area contributed by atoms with Crippen molar-refractivity contribution in [2.24, 2.45) is 0 Å². The molecular weight excluding hydrogens is 268 g/mol. The Balaban J connectivity index is 1.58. The van der Waals surface area contributed by atoms with Crippen LogP contribution in [0.4, 0.5) is 5.69 Å². The summed E-state index contributed by atoms with van der Waals surface area (Å²) in [5.74, 6) is 1.20. The maximum absolute atomic E-state index is 5.68. The molecule has 1 aromatic carbocycles. The van der Waals surface area contributed by atoms with Crippen LogP contribution in [0.5, 0.6) is 0 Å². The number of ether oxygens (including phenoxy) is 1. The molecule has 0 amide bonds. The van der Waals surface area contributed by atoms with Gasteiger partial charge in [0, 0.05) is 18.8 Å². The molecule has 1 unspecified atom stereocenters. The highest BCUT2D eigenvalue weighted by molar-refractivity contribution is 5.44. The number of benzene rings is 1. The summed E-state index contributed by atoms with van der Waals surface area (Å²) in [7, 11) is 2.06. The quantitative estimate of drug-likeness (QED) is 0.928. The molecule has 1 aromatic heterocycles. The maximum Gasteiger partial charge on any atom is 0.246 e. The summed E-state index contributed by atoms with van der Waals surface area (Å²) in [5.41, 5.74) is 2.27. The number of hydrogen-bond donors (Lipinski definition) is 1. The van der Waals surface area contributed by atoms with Gasteiger partial charge in [-0.15, -0.1) is 0 Å². The molecule has 0 spiro atoms. The van der Waals surface area contributed by atoms with Crippen LogP contribution >= 0.6 is 0 Å². The first-order chi connectivity index (χ1) is 10.2. The molecule has 1 aliphatic rings. The summed E-state index contributed by atoms with van der Waals surface area (Å²) < 4.78 is 11.0. The molecular formula is C15H20N4O2. The lowest BCUT2D eigenvalue weighted by molar-refractivity contribution is -0.0264. The van der Waals surface area contributed by atoms with Crippen LogP contribution in [0.25, 0.3) is 0 Å². The SMILES string of the molecule is Cc1ccc(NCc2nc(C3CN(C)CCO3)no2)cc1. The zero-order valence-corrected chi connectivity index (χ0v) is 12.4. The van der Waals surface area contributed by atoms with E-state index in [1.165, 1.54) is 5.56 Å². The predicted molar refractivity (Wildman–Crippen MR) is 79.0 cm³/mol. The summed E-state index contributed by atoms with van der Waals surface area (Å²) in [4.78, 5) is 6.61. The van der Waals surface area contributed by atoms with E-state index < -0.39 is 0 Å². The van der Waals surface area contributed by atoms with Crippen LogP contribution in [-0.2, 0) is 11.3 Å². The molecule has 112 valence electrons. The number of aryl methyl sites for hydroxylation is 1. The zero-order valence-electron chi connectivity index (χ0n) is 12.4. The summed E-state index contributed by atoms with van der Waals surface area (Å²) >= 11 is 0. The second-order valence-electron chi connectivity index (χ2n) is 5.39. The lowest BCUT2D eigenvalue weighted by atomic mass is 10.2. The molecule has 2 heterocycles. The first-order valence-electron chi connectivity index (χ1n) is 7.14. The number of nitrogens with zero attached hydrogens (tertiary/aromatic N) is 3. The van der Waals surface area contributed by atoms with Gasteiger partial charge in [-0.1, -0.05) is 22.9 Å². The molecule has 3 rings (SSSR count). The molecule has 1 N–H and O–H groups in total. The Labute approximate surface area is 124 Å². The summed E-state index contributed by atoms with van der Waals surface area (Å²) in [6.45, 7) is 5.01. The second kappa shape index (κ2) is 6.24. The van der Waals surface area contributed by atoms with E-state index in [1.807, 2.05) is 12.1 Å². The number of likely N-dealkylation sites (N-methyl/N-ethyl adjacent to an activating group) is 1. The minimum atomic E-state index is -0.0966. The predicted octanol–water partition coefficient (Wildman–Crippen LogP) is 1.99. The van der Waals surface area contributed by atoms with E-state index in [-0.39, 0.29) is 6.10 Å². The monoisotopic (exact) mass is 288 g/mol. The second-order valence-corrected chi connectivity index (χ2v) is 5.39. The highest BCUT2D eigenvalue weighted by Gasteiger charge is 2.24. The van der Waals surface area contributed by atoms with Crippen LogP contribution in [0, 0.1) is 6.92 Å². The minimum Gasteiger partial charge on any atom is -0.376 e. The lowest BCUT2D eigenvalue weighted by Crippen LogP contribution is -2.35. The fraction of sp³-hybridized carbons (Fsp3) is 0.467. The van der Waals surface area contributed by atoms with E-state index in [0.29, 0.717) is 24.9 Å². The number of morpholine rings is 1. The van der Waals surface area contributed by atoms with Crippen molar-refractivity contribution in [3.63, 3.8) is 0 Å². The Bertz CT molecular complexity index is 582. The fourth-order valence-electron chi connectivity index (χ4n) is 2.25. The average Bonchev–Trinajstić information content (AvgIpc) is 2.96. The molecule has 2 aromatic rings. The third kappa shape index (κ3) is 3.59. The van der Waals surface area contributed by atoms with Gasteiger partial charge < -0.3 is 19.5 Å². The van der Waals surface area contributed by atoms with Crippen molar-refractivity contribution in [2.75, 3.05) is 32.1 Å². The van der Waals surface area contributed by atoms with Gasteiger partial charge in [-0.25, -0.2) is 0 Å². The lowest BCUT2D eigenvalue weighted by Gasteiger charge is -2.27. The molecule has 6 heteroatoms. The third-order valence-corrected chi connectivity index (χ3v) is 3.54. The minimum absolute atomic E-state index is 0.0966. The first-order valence-corrected chi connectivity index (χ1v) is 7.14. The molecule has 0 bridgehead atoms. The molecule has 0 radical (unpaired) electrons. The Morgan fingerprint density at radius 2 is 2.14 bits per heavy atom. The topological polar surface area (TPSA) is 63.4 Å². The smallest absolute Gasteiger partial charge is 0.246 e. The molecule has 21 heavy (non-hydrogen) atoms. The van der Waals surface area contributed by atoms with E-state index >= 15 is 0 Å². The van der Waals surface area contributed by atoms with Crippen LogP contribution < -0.4 is 5.32 Å². The van der Waals surface area contributed by atoms with E-state index in [0.717, 1.165) is 18.8 Å². The van der Waals surface area contributed by atoms with E-state index in [4.69, 9.17) is 9.26 Å². The fourth-order valence-corrected chi connectivity index (χ4v) is 2.25. The number of anilines is 1. The molecule has 0 saturated carbocycles. The van der Waals surface area contributed by atoms with Crippen molar-refractivity contribution in [2.45, 2.75) is 19.6 Å². The Morgan fingerprint density at radius 1 is 1.33 bits per heavy atom. The standard InChI is InChI=1S/C15H20N4O2/c1-11-3-5-12(6-4-11)16-9-14-17-15(18-21-14)13-10-19(2)7-8-20-13/h3-6,13,16H,7-10H2,1-2H3. The maximum atomic E-state index is 5.68. The van der Waals surface area contributed by atoms with Gasteiger partial charge in [0.25, 0.3) is 0 Å². The molecule has 1 fully saturated rings. The zero-order chi connectivity index (χ0) is 14.7. The third-order valence-electron chi connectivity index (χ3n) is 3.54. The Hall–Kier alpha value is -1.92. The van der Waals surface area contributed by atoms with Crippen molar-refractivity contribution < 1.29 is 9.26 Å². The van der Waals surface area contributed by atoms with E-state index in [9.17, 15) is 0 Å². The van der Waals surface area contributed by atoms with Crippen molar-refractivity contribution in [1.29, 1.82) is 0 Å². The largest absolute Gasteiger partial charge is 0.376 e. The van der Waals surface area contributed by atoms with Gasteiger partial charge in [0.05, 0.1) is 13.2 Å². The van der Waals surface area contributed by atoms with Gasteiger partial charge in [0.15, 0.2) is 0 Å². The molecule has 6 nitrogen and oxygen atoms in total. The van der Waals surface area contributed by atoms with E-state index in [2.05, 4.69) is 46.5 Å². The number of nitrogens with one attached hydrogen (secondary N) is 1. The van der Waals surface area contributed by atoms with Crippen LogP contribution in [0.1, 0.15) is 23.4 Å². The van der Waals surface area contributed by atoms with Crippen LogP contribution in [0.2, 0.25) is 0 Å². The molecule has 1 saturated heterocycles. The van der Waals surface area contributed by atoms with Crippen molar-refractivity contribution >= 4 is 5.69 Å². The van der Waals surface area contributed by atoms with Gasteiger partial charge in [0.2, 0.25) is 11.7 Å². The van der Waals surface area contributed by atoms with Crippen LogP contribution in [0.15, 0.2) is 28.8 Å². The Morgan fingerprint density at radius 3 is 2.90 bits per heavy atom. The summed E-state index contributed by atoms with van der Waals surface area (Å²) in [5, 5.41) is 7.29.